The van der Waals surface area contributed by atoms with E-state index >= 15 is 4.39 Å². The highest BCUT2D eigenvalue weighted by atomic mass is 32.2. The van der Waals surface area contributed by atoms with Gasteiger partial charge in [0, 0.05) is 63.9 Å². The summed E-state index contributed by atoms with van der Waals surface area (Å²) in [6.07, 6.45) is 5.72. The van der Waals surface area contributed by atoms with E-state index in [1.807, 2.05) is 23.1 Å². The average Bonchev–Trinajstić information content (AvgIpc) is 2.91. The number of hydrogen-bond donors (Lipinski definition) is 0. The first-order valence-electron chi connectivity index (χ1n) is 13.2. The van der Waals surface area contributed by atoms with Crippen molar-refractivity contribution in [3.8, 4) is 5.88 Å². The molecule has 0 unspecified atom stereocenters. The summed E-state index contributed by atoms with van der Waals surface area (Å²) in [6, 6.07) is 16.3. The summed E-state index contributed by atoms with van der Waals surface area (Å²) in [5, 5.41) is 0. The molecule has 206 valence electrons. The molecule has 0 N–H and O–H groups in total. The molecule has 1 saturated heterocycles. The van der Waals surface area contributed by atoms with E-state index in [9.17, 15) is 13.2 Å². The van der Waals surface area contributed by atoms with E-state index in [1.165, 1.54) is 44.4 Å². The van der Waals surface area contributed by atoms with E-state index in [4.69, 9.17) is 4.74 Å². The summed E-state index contributed by atoms with van der Waals surface area (Å²) in [7, 11) is -0.687. The number of anilines is 2. The van der Waals surface area contributed by atoms with Gasteiger partial charge in [0.25, 0.3) is 5.91 Å². The Morgan fingerprint density at radius 2 is 1.69 bits per heavy atom. The summed E-state index contributed by atoms with van der Waals surface area (Å²) >= 11 is 0. The van der Waals surface area contributed by atoms with Gasteiger partial charge in [-0.1, -0.05) is 12.1 Å². The fourth-order valence-electron chi connectivity index (χ4n) is 5.03. The highest BCUT2D eigenvalue weighted by Crippen LogP contribution is 2.40. The molecule has 0 radical (unpaired) electrons. The second kappa shape index (κ2) is 11.3. The van der Waals surface area contributed by atoms with Crippen LogP contribution in [0.15, 0.2) is 71.8 Å². The Morgan fingerprint density at radius 1 is 0.974 bits per heavy atom. The smallest absolute Gasteiger partial charge is 0.258 e. The Morgan fingerprint density at radius 3 is 2.28 bits per heavy atom. The molecule has 2 aromatic carbocycles. The van der Waals surface area contributed by atoms with E-state index in [1.54, 1.807) is 23.2 Å². The fraction of sp³-hybridized carbons (Fsp3) is 0.379. The van der Waals surface area contributed by atoms with Crippen molar-refractivity contribution < 1.29 is 22.3 Å². The Hall–Kier alpha value is -3.50. The summed E-state index contributed by atoms with van der Waals surface area (Å²) in [5.41, 5.74) is 1.32. The number of sulfonamides is 1. The molecule has 0 spiro atoms. The van der Waals surface area contributed by atoms with Crippen molar-refractivity contribution in [3.05, 3.63) is 78.2 Å². The average molecular weight is 553 g/mol. The van der Waals surface area contributed by atoms with Crippen molar-refractivity contribution in [2.75, 3.05) is 37.0 Å². The Labute approximate surface area is 229 Å². The lowest BCUT2D eigenvalue weighted by atomic mass is 9.90. The summed E-state index contributed by atoms with van der Waals surface area (Å²) < 4.78 is 47.6. The predicted octanol–water partition coefficient (Wildman–Crippen LogP) is 4.72. The topological polar surface area (TPSA) is 83.1 Å². The van der Waals surface area contributed by atoms with Crippen LogP contribution in [0.25, 0.3) is 0 Å². The van der Waals surface area contributed by atoms with Crippen molar-refractivity contribution in [2.24, 2.45) is 0 Å². The zero-order valence-corrected chi connectivity index (χ0v) is 23.0. The third-order valence-corrected chi connectivity index (χ3v) is 9.28. The molecule has 39 heavy (non-hydrogen) atoms. The molecule has 5 rings (SSSR count). The maximum atomic E-state index is 15.5. The van der Waals surface area contributed by atoms with E-state index in [2.05, 4.69) is 4.98 Å². The minimum Gasteiger partial charge on any atom is -0.474 e. The summed E-state index contributed by atoms with van der Waals surface area (Å²) in [6.45, 7) is 1.16. The van der Waals surface area contributed by atoms with Gasteiger partial charge in [-0.15, -0.1) is 0 Å². The molecule has 0 bridgehead atoms. The van der Waals surface area contributed by atoms with Crippen molar-refractivity contribution in [1.82, 2.24) is 9.29 Å². The quantitative estimate of drug-likeness (QED) is 0.402. The van der Waals surface area contributed by atoms with Crippen LogP contribution in [0.2, 0.25) is 0 Å². The van der Waals surface area contributed by atoms with Gasteiger partial charge >= 0.3 is 0 Å². The molecular formula is C29H33FN4O4S. The van der Waals surface area contributed by atoms with Gasteiger partial charge in [0.2, 0.25) is 15.9 Å². The van der Waals surface area contributed by atoms with Crippen LogP contribution >= 0.6 is 0 Å². The highest BCUT2D eigenvalue weighted by molar-refractivity contribution is 7.89. The number of benzene rings is 2. The SMILES string of the molecule is CN(C)S(=O)(=O)c1ccc(C(=O)N(c2cccc(F)c2N2CCC(Oc3ccccn3)CC2)C2CCC2)cc1. The van der Waals surface area contributed by atoms with Crippen LogP contribution in [0, 0.1) is 5.82 Å². The molecule has 1 aliphatic heterocycles. The second-order valence-electron chi connectivity index (χ2n) is 10.2. The Kier molecular flexibility index (Phi) is 7.86. The number of para-hydroxylation sites is 1. The lowest BCUT2D eigenvalue weighted by Crippen LogP contribution is -2.46. The number of carbonyl (C=O) groups excluding carboxylic acids is 1. The Bertz CT molecular complexity index is 1400. The van der Waals surface area contributed by atoms with E-state index in [0.29, 0.717) is 48.7 Å². The largest absolute Gasteiger partial charge is 0.474 e. The third kappa shape index (κ3) is 5.62. The first-order valence-corrected chi connectivity index (χ1v) is 14.7. The molecule has 1 amide bonds. The molecule has 10 heteroatoms. The van der Waals surface area contributed by atoms with Crippen molar-refractivity contribution in [3.63, 3.8) is 0 Å². The summed E-state index contributed by atoms with van der Waals surface area (Å²) in [5.74, 6) is -0.0662. The molecule has 2 heterocycles. The number of halogens is 1. The first-order chi connectivity index (χ1) is 18.8. The fourth-order valence-corrected chi connectivity index (χ4v) is 5.93. The van der Waals surface area contributed by atoms with Crippen molar-refractivity contribution >= 4 is 27.3 Å². The number of piperidine rings is 1. The Balaban J connectivity index is 1.40. The minimum absolute atomic E-state index is 0.0206. The number of rotatable bonds is 8. The van der Waals surface area contributed by atoms with Gasteiger partial charge in [0.05, 0.1) is 16.3 Å². The van der Waals surface area contributed by atoms with Crippen LogP contribution in [-0.2, 0) is 10.0 Å². The zero-order valence-electron chi connectivity index (χ0n) is 22.2. The van der Waals surface area contributed by atoms with Crippen LogP contribution in [0.3, 0.4) is 0 Å². The lowest BCUT2D eigenvalue weighted by Gasteiger charge is -2.41. The van der Waals surface area contributed by atoms with Gasteiger partial charge in [-0.2, -0.15) is 0 Å². The highest BCUT2D eigenvalue weighted by Gasteiger charge is 2.35. The van der Waals surface area contributed by atoms with E-state index in [-0.39, 0.29) is 28.8 Å². The molecule has 1 aliphatic carbocycles. The standard InChI is InChI=1S/C29H33FN4O4S/c1-32(2)39(36,37)24-14-12-21(13-15-24)29(35)34(22-7-5-8-22)26-10-6-9-25(30)28(26)33-19-16-23(17-20-33)38-27-11-3-4-18-31-27/h3-4,6,9-15,18,22-23H,5,7-8,16-17,19-20H2,1-2H3. The molecule has 2 fully saturated rings. The minimum atomic E-state index is -3.62. The van der Waals surface area contributed by atoms with Crippen LogP contribution < -0.4 is 14.5 Å². The zero-order chi connectivity index (χ0) is 27.6. The molecule has 3 aromatic rings. The van der Waals surface area contributed by atoms with Crippen LogP contribution in [0.4, 0.5) is 15.8 Å². The molecule has 8 nitrogen and oxygen atoms in total. The number of pyridine rings is 1. The number of nitrogens with zero attached hydrogens (tertiary/aromatic N) is 4. The van der Waals surface area contributed by atoms with Gasteiger partial charge in [0.1, 0.15) is 11.9 Å². The van der Waals surface area contributed by atoms with Gasteiger partial charge < -0.3 is 14.5 Å². The molecule has 1 saturated carbocycles. The second-order valence-corrected chi connectivity index (χ2v) is 12.3. The molecule has 2 aliphatic rings. The van der Waals surface area contributed by atoms with Crippen molar-refractivity contribution in [2.45, 2.75) is 49.1 Å². The molecule has 0 atom stereocenters. The van der Waals surface area contributed by atoms with E-state index in [0.717, 1.165) is 23.6 Å². The first kappa shape index (κ1) is 27.1. The predicted molar refractivity (Wildman–Crippen MR) is 148 cm³/mol. The van der Waals surface area contributed by atoms with Gasteiger partial charge in [0.15, 0.2) is 0 Å². The number of hydrogen-bond acceptors (Lipinski definition) is 6. The monoisotopic (exact) mass is 552 g/mol. The maximum absolute atomic E-state index is 15.5. The number of carbonyl (C=O) groups is 1. The number of amides is 1. The molecule has 1 aromatic heterocycles. The van der Waals surface area contributed by atoms with Gasteiger partial charge in [-0.25, -0.2) is 22.1 Å². The summed E-state index contributed by atoms with van der Waals surface area (Å²) in [4.78, 5) is 21.9. The lowest BCUT2D eigenvalue weighted by molar-refractivity contribution is 0.0963. The third-order valence-electron chi connectivity index (χ3n) is 7.45. The van der Waals surface area contributed by atoms with Crippen LogP contribution in [0.5, 0.6) is 5.88 Å². The number of aromatic nitrogens is 1. The van der Waals surface area contributed by atoms with Crippen molar-refractivity contribution in [1.29, 1.82) is 0 Å². The van der Waals surface area contributed by atoms with Crippen LogP contribution in [-0.4, -0.2) is 62.9 Å². The van der Waals surface area contributed by atoms with Crippen LogP contribution in [0.1, 0.15) is 42.5 Å². The maximum Gasteiger partial charge on any atom is 0.258 e. The molecular weight excluding hydrogens is 519 g/mol. The number of ether oxygens (including phenoxy) is 1. The normalized spacial score (nSPS) is 16.7. The van der Waals surface area contributed by atoms with E-state index < -0.39 is 10.0 Å². The van der Waals surface area contributed by atoms with Gasteiger partial charge in [-0.3, -0.25) is 4.79 Å². The van der Waals surface area contributed by atoms with Gasteiger partial charge in [-0.05, 0) is 61.7 Å².